The molecule has 0 spiro atoms. The van der Waals surface area contributed by atoms with Gasteiger partial charge in [-0.25, -0.2) is 4.98 Å². The third-order valence-corrected chi connectivity index (χ3v) is 4.24. The lowest BCUT2D eigenvalue weighted by atomic mass is 9.97. The fourth-order valence-electron chi connectivity index (χ4n) is 2.47. The molecule has 1 saturated heterocycles. The van der Waals surface area contributed by atoms with Crippen LogP contribution in [0.2, 0.25) is 0 Å². The first-order valence-electron chi connectivity index (χ1n) is 6.36. The number of aromatic nitrogens is 3. The van der Waals surface area contributed by atoms with E-state index in [9.17, 15) is 9.90 Å². The Morgan fingerprint density at radius 1 is 1.58 bits per heavy atom. The molecule has 0 aromatic carbocycles. The van der Waals surface area contributed by atoms with Crippen LogP contribution in [0.3, 0.4) is 0 Å². The first kappa shape index (κ1) is 12.7. The van der Waals surface area contributed by atoms with Gasteiger partial charge in [-0.1, -0.05) is 18.3 Å². The molecule has 1 aliphatic rings. The lowest BCUT2D eigenvalue weighted by Crippen LogP contribution is -2.41. The van der Waals surface area contributed by atoms with E-state index in [0.29, 0.717) is 11.5 Å². The second kappa shape index (κ2) is 4.99. The number of fused-ring (bicyclic) bond motifs is 1. The van der Waals surface area contributed by atoms with E-state index in [1.165, 1.54) is 15.9 Å². The predicted octanol–water partition coefficient (Wildman–Crippen LogP) is 0.354. The zero-order valence-electron chi connectivity index (χ0n) is 10.7. The Balaban J connectivity index is 1.80. The summed E-state index contributed by atoms with van der Waals surface area (Å²) < 4.78 is 1.32. The van der Waals surface area contributed by atoms with Crippen LogP contribution >= 0.6 is 11.3 Å². The standard InChI is InChI=1S/C12H16N4O2S/c1-8-5-15(3-2-10(8)17)6-9-4-11(18)16-12(14-9)19-7-13-16/h4,7-8,10,17H,2-3,5-6H2,1H3. The van der Waals surface area contributed by atoms with E-state index in [1.54, 1.807) is 11.6 Å². The van der Waals surface area contributed by atoms with Gasteiger partial charge in [0.15, 0.2) is 0 Å². The fourth-order valence-corrected chi connectivity index (χ4v) is 3.12. The highest BCUT2D eigenvalue weighted by Crippen LogP contribution is 2.18. The quantitative estimate of drug-likeness (QED) is 0.859. The molecule has 19 heavy (non-hydrogen) atoms. The van der Waals surface area contributed by atoms with Crippen LogP contribution in [-0.2, 0) is 6.54 Å². The minimum absolute atomic E-state index is 0.133. The van der Waals surface area contributed by atoms with Crippen LogP contribution in [0.4, 0.5) is 0 Å². The number of likely N-dealkylation sites (tertiary alicyclic amines) is 1. The molecule has 7 heteroatoms. The molecule has 2 aromatic heterocycles. The summed E-state index contributed by atoms with van der Waals surface area (Å²) in [6, 6.07) is 1.54. The summed E-state index contributed by atoms with van der Waals surface area (Å²) in [6.45, 7) is 4.38. The molecular formula is C12H16N4O2S. The van der Waals surface area contributed by atoms with E-state index < -0.39 is 0 Å². The lowest BCUT2D eigenvalue weighted by Gasteiger charge is -2.34. The molecule has 3 heterocycles. The normalized spacial score (nSPS) is 24.9. The van der Waals surface area contributed by atoms with E-state index in [1.807, 2.05) is 6.92 Å². The van der Waals surface area contributed by atoms with Gasteiger partial charge in [-0.05, 0) is 12.3 Å². The number of aliphatic hydroxyl groups is 1. The SMILES string of the molecule is CC1CN(Cc2cc(=O)n3ncsc3n2)CCC1O. The maximum absolute atomic E-state index is 11.8. The number of aliphatic hydroxyl groups excluding tert-OH is 1. The number of hydrogen-bond donors (Lipinski definition) is 1. The second-order valence-corrected chi connectivity index (χ2v) is 5.90. The minimum Gasteiger partial charge on any atom is -0.393 e. The van der Waals surface area contributed by atoms with Crippen molar-refractivity contribution in [1.29, 1.82) is 0 Å². The Morgan fingerprint density at radius 2 is 2.42 bits per heavy atom. The van der Waals surface area contributed by atoms with Crippen molar-refractivity contribution in [1.82, 2.24) is 19.5 Å². The van der Waals surface area contributed by atoms with Crippen molar-refractivity contribution in [3.8, 4) is 0 Å². The molecule has 102 valence electrons. The zero-order chi connectivity index (χ0) is 13.4. The van der Waals surface area contributed by atoms with E-state index in [2.05, 4.69) is 15.0 Å². The Kier molecular flexibility index (Phi) is 3.34. The van der Waals surface area contributed by atoms with Crippen molar-refractivity contribution < 1.29 is 5.11 Å². The zero-order valence-corrected chi connectivity index (χ0v) is 11.5. The van der Waals surface area contributed by atoms with Gasteiger partial charge in [-0.3, -0.25) is 9.69 Å². The first-order valence-corrected chi connectivity index (χ1v) is 7.24. The maximum atomic E-state index is 11.8. The molecule has 2 unspecified atom stereocenters. The second-order valence-electron chi connectivity index (χ2n) is 5.09. The Bertz CT molecular complexity index is 638. The molecule has 1 fully saturated rings. The van der Waals surface area contributed by atoms with Gasteiger partial charge in [0.05, 0.1) is 11.8 Å². The van der Waals surface area contributed by atoms with Crippen LogP contribution in [0.5, 0.6) is 0 Å². The molecule has 3 rings (SSSR count). The number of piperidine rings is 1. The summed E-state index contributed by atoms with van der Waals surface area (Å²) in [5, 5.41) is 13.7. The highest BCUT2D eigenvalue weighted by molar-refractivity contribution is 7.14. The van der Waals surface area contributed by atoms with E-state index in [-0.39, 0.29) is 17.6 Å². The number of hydrogen-bond acceptors (Lipinski definition) is 6. The molecule has 0 radical (unpaired) electrons. The van der Waals surface area contributed by atoms with E-state index in [4.69, 9.17) is 0 Å². The van der Waals surface area contributed by atoms with Gasteiger partial charge < -0.3 is 5.11 Å². The number of rotatable bonds is 2. The van der Waals surface area contributed by atoms with Crippen molar-refractivity contribution in [3.05, 3.63) is 27.6 Å². The van der Waals surface area contributed by atoms with Gasteiger partial charge in [0.25, 0.3) is 5.56 Å². The molecule has 0 amide bonds. The van der Waals surface area contributed by atoms with Crippen molar-refractivity contribution in [2.24, 2.45) is 5.92 Å². The van der Waals surface area contributed by atoms with E-state index >= 15 is 0 Å². The van der Waals surface area contributed by atoms with Gasteiger partial charge in [0.1, 0.15) is 5.51 Å². The summed E-state index contributed by atoms with van der Waals surface area (Å²) in [6.07, 6.45) is 0.571. The molecule has 0 aliphatic carbocycles. The van der Waals surface area contributed by atoms with Crippen molar-refractivity contribution in [2.75, 3.05) is 13.1 Å². The van der Waals surface area contributed by atoms with Gasteiger partial charge in [0, 0.05) is 25.7 Å². The molecule has 0 saturated carbocycles. The average molecular weight is 280 g/mol. The van der Waals surface area contributed by atoms with Gasteiger partial charge in [0.2, 0.25) is 4.96 Å². The molecule has 6 nitrogen and oxygen atoms in total. The summed E-state index contributed by atoms with van der Waals surface area (Å²) in [4.78, 5) is 19.1. The fraction of sp³-hybridized carbons (Fsp3) is 0.583. The summed E-state index contributed by atoms with van der Waals surface area (Å²) in [7, 11) is 0. The minimum atomic E-state index is -0.209. The van der Waals surface area contributed by atoms with Gasteiger partial charge >= 0.3 is 0 Å². The number of nitrogens with zero attached hydrogens (tertiary/aromatic N) is 4. The molecule has 2 aromatic rings. The first-order chi connectivity index (χ1) is 9.13. The van der Waals surface area contributed by atoms with Crippen LogP contribution in [0.1, 0.15) is 19.0 Å². The van der Waals surface area contributed by atoms with Crippen LogP contribution < -0.4 is 5.56 Å². The summed E-state index contributed by atoms with van der Waals surface area (Å²) >= 11 is 1.36. The van der Waals surface area contributed by atoms with Crippen LogP contribution in [0.25, 0.3) is 4.96 Å². The third-order valence-electron chi connectivity index (χ3n) is 3.57. The molecule has 0 bridgehead atoms. The molecule has 2 atom stereocenters. The Labute approximate surface area is 114 Å². The summed E-state index contributed by atoms with van der Waals surface area (Å²) in [5.41, 5.74) is 2.26. The maximum Gasteiger partial charge on any atom is 0.275 e. The van der Waals surface area contributed by atoms with Crippen LogP contribution in [-0.4, -0.2) is 43.8 Å². The Morgan fingerprint density at radius 3 is 3.21 bits per heavy atom. The van der Waals surface area contributed by atoms with Gasteiger partial charge in [-0.15, -0.1) is 0 Å². The predicted molar refractivity (Wildman–Crippen MR) is 72.2 cm³/mol. The monoisotopic (exact) mass is 280 g/mol. The highest BCUT2D eigenvalue weighted by atomic mass is 32.1. The van der Waals surface area contributed by atoms with Crippen LogP contribution in [0, 0.1) is 5.92 Å². The lowest BCUT2D eigenvalue weighted by molar-refractivity contribution is 0.0316. The molecule has 1 aliphatic heterocycles. The largest absolute Gasteiger partial charge is 0.393 e. The van der Waals surface area contributed by atoms with Crippen molar-refractivity contribution >= 4 is 16.3 Å². The highest BCUT2D eigenvalue weighted by Gasteiger charge is 2.24. The molecule has 1 N–H and O–H groups in total. The van der Waals surface area contributed by atoms with Gasteiger partial charge in [-0.2, -0.15) is 9.61 Å². The smallest absolute Gasteiger partial charge is 0.275 e. The molecular weight excluding hydrogens is 264 g/mol. The third kappa shape index (κ3) is 2.54. The van der Waals surface area contributed by atoms with Crippen molar-refractivity contribution in [3.63, 3.8) is 0 Å². The Hall–Kier alpha value is -1.31. The van der Waals surface area contributed by atoms with Crippen molar-refractivity contribution in [2.45, 2.75) is 26.0 Å². The van der Waals surface area contributed by atoms with Crippen LogP contribution in [0.15, 0.2) is 16.4 Å². The topological polar surface area (TPSA) is 70.7 Å². The average Bonchev–Trinajstić information content (AvgIpc) is 2.82. The summed E-state index contributed by atoms with van der Waals surface area (Å²) in [5.74, 6) is 0.266. The van der Waals surface area contributed by atoms with E-state index in [0.717, 1.165) is 25.2 Å².